The van der Waals surface area contributed by atoms with Crippen LogP contribution in [0.4, 0.5) is 0 Å². The molecular weight excluding hydrogens is 436 g/mol. The molecule has 0 amide bonds. The maximum absolute atomic E-state index is 12.6. The van der Waals surface area contributed by atoms with Crippen LogP contribution in [0.25, 0.3) is 11.0 Å². The molecule has 0 spiro atoms. The van der Waals surface area contributed by atoms with Crippen molar-refractivity contribution in [3.05, 3.63) is 63.5 Å². The molecule has 0 bridgehead atoms. The molecule has 3 aromatic rings. The average Bonchev–Trinajstić information content (AvgIpc) is 2.77. The molecule has 0 N–H and O–H groups in total. The lowest BCUT2D eigenvalue weighted by Gasteiger charge is -2.18. The van der Waals surface area contributed by atoms with E-state index in [4.69, 9.17) is 18.6 Å². The molecule has 9 heteroatoms. The van der Waals surface area contributed by atoms with E-state index in [2.05, 4.69) is 0 Å². The summed E-state index contributed by atoms with van der Waals surface area (Å²) in [6.45, 7) is 4.42. The fraction of sp³-hybridized carbons (Fsp3) is 0.304. The summed E-state index contributed by atoms with van der Waals surface area (Å²) >= 11 is 0. The number of esters is 1. The number of ether oxygens (including phenoxy) is 3. The second-order valence-electron chi connectivity index (χ2n) is 7.56. The fourth-order valence-electron chi connectivity index (χ4n) is 3.39. The van der Waals surface area contributed by atoms with Crippen molar-refractivity contribution in [2.45, 2.75) is 31.8 Å². The molecule has 0 saturated heterocycles. The van der Waals surface area contributed by atoms with Crippen LogP contribution in [0, 0.1) is 13.8 Å². The molecule has 2 heterocycles. The quantitative estimate of drug-likeness (QED) is 0.410. The summed E-state index contributed by atoms with van der Waals surface area (Å²) in [5.41, 5.74) is 2.34. The molecule has 0 fully saturated rings. The Morgan fingerprint density at radius 1 is 1.00 bits per heavy atom. The van der Waals surface area contributed by atoms with Crippen molar-refractivity contribution < 1.29 is 31.8 Å². The number of benzene rings is 2. The first-order chi connectivity index (χ1) is 15.2. The molecule has 0 atom stereocenters. The van der Waals surface area contributed by atoms with Crippen LogP contribution in [0.3, 0.4) is 0 Å². The van der Waals surface area contributed by atoms with Crippen molar-refractivity contribution in [1.82, 2.24) is 0 Å². The van der Waals surface area contributed by atoms with Gasteiger partial charge >= 0.3 is 11.6 Å². The standard InChI is InChI=1S/C23H22O8S/c1-14-9-18-16(11-23(25)31-20(18)10-15(14)2)13-30-22(24)5-8-32(26,27)17-3-4-19-21(12-17)29-7-6-28-19/h3-4,9-12H,5-8,13H2,1-2H3. The Hall–Kier alpha value is -3.33. The van der Waals surface area contributed by atoms with Gasteiger partial charge in [0.2, 0.25) is 0 Å². The molecule has 1 aliphatic heterocycles. The second kappa shape index (κ2) is 8.66. The lowest BCUT2D eigenvalue weighted by atomic mass is 10.0. The minimum absolute atomic E-state index is 0.0482. The van der Waals surface area contributed by atoms with E-state index in [-0.39, 0.29) is 17.9 Å². The molecule has 32 heavy (non-hydrogen) atoms. The Morgan fingerprint density at radius 2 is 1.72 bits per heavy atom. The van der Waals surface area contributed by atoms with Crippen molar-refractivity contribution in [3.8, 4) is 11.5 Å². The lowest BCUT2D eigenvalue weighted by molar-refractivity contribution is -0.144. The van der Waals surface area contributed by atoms with Gasteiger partial charge < -0.3 is 18.6 Å². The Bertz CT molecular complexity index is 1350. The number of rotatable bonds is 6. The van der Waals surface area contributed by atoms with Crippen LogP contribution in [0.2, 0.25) is 0 Å². The molecule has 1 aromatic heterocycles. The van der Waals surface area contributed by atoms with Crippen LogP contribution in [0.1, 0.15) is 23.1 Å². The van der Waals surface area contributed by atoms with E-state index in [9.17, 15) is 18.0 Å². The predicted molar refractivity (Wildman–Crippen MR) is 116 cm³/mol. The van der Waals surface area contributed by atoms with Crippen LogP contribution in [0.15, 0.2) is 50.5 Å². The number of hydrogen-bond donors (Lipinski definition) is 0. The molecule has 4 rings (SSSR count). The van der Waals surface area contributed by atoms with E-state index < -0.39 is 27.2 Å². The Balaban J connectivity index is 1.42. The molecule has 0 radical (unpaired) electrons. The third-order valence-corrected chi connectivity index (χ3v) is 6.99. The lowest BCUT2D eigenvalue weighted by Crippen LogP contribution is -2.17. The number of carbonyl (C=O) groups is 1. The van der Waals surface area contributed by atoms with Gasteiger partial charge in [0.25, 0.3) is 0 Å². The molecule has 8 nitrogen and oxygen atoms in total. The van der Waals surface area contributed by atoms with Gasteiger partial charge in [0.15, 0.2) is 21.3 Å². The first-order valence-electron chi connectivity index (χ1n) is 10.0. The van der Waals surface area contributed by atoms with Crippen molar-refractivity contribution in [3.63, 3.8) is 0 Å². The van der Waals surface area contributed by atoms with Gasteiger partial charge in [-0.1, -0.05) is 0 Å². The minimum Gasteiger partial charge on any atom is -0.486 e. The maximum atomic E-state index is 12.6. The van der Waals surface area contributed by atoms with Crippen molar-refractivity contribution in [2.75, 3.05) is 19.0 Å². The number of hydrogen-bond acceptors (Lipinski definition) is 8. The normalized spacial score (nSPS) is 13.2. The average molecular weight is 458 g/mol. The third kappa shape index (κ3) is 4.62. The number of aryl methyl sites for hydroxylation is 2. The third-order valence-electron chi connectivity index (χ3n) is 5.28. The van der Waals surface area contributed by atoms with E-state index >= 15 is 0 Å². The van der Waals surface area contributed by atoms with E-state index in [0.717, 1.165) is 11.1 Å². The number of sulfone groups is 1. The molecule has 2 aromatic carbocycles. The van der Waals surface area contributed by atoms with Gasteiger partial charge in [0.1, 0.15) is 25.4 Å². The van der Waals surface area contributed by atoms with Crippen molar-refractivity contribution in [2.24, 2.45) is 0 Å². The smallest absolute Gasteiger partial charge is 0.336 e. The number of fused-ring (bicyclic) bond motifs is 2. The second-order valence-corrected chi connectivity index (χ2v) is 9.67. The monoisotopic (exact) mass is 458 g/mol. The summed E-state index contributed by atoms with van der Waals surface area (Å²) in [6, 6.07) is 9.26. The van der Waals surface area contributed by atoms with Gasteiger partial charge in [-0.15, -0.1) is 0 Å². The molecule has 1 aliphatic rings. The summed E-state index contributed by atoms with van der Waals surface area (Å²) in [4.78, 5) is 24.1. The molecule has 168 valence electrons. The largest absolute Gasteiger partial charge is 0.486 e. The molecule has 0 saturated carbocycles. The highest BCUT2D eigenvalue weighted by Gasteiger charge is 2.21. The zero-order chi connectivity index (χ0) is 22.9. The highest BCUT2D eigenvalue weighted by Crippen LogP contribution is 2.32. The van der Waals surface area contributed by atoms with E-state index in [0.29, 0.717) is 41.2 Å². The molecule has 0 aliphatic carbocycles. The van der Waals surface area contributed by atoms with Crippen LogP contribution in [-0.4, -0.2) is 33.4 Å². The van der Waals surface area contributed by atoms with Gasteiger partial charge in [0, 0.05) is 23.1 Å². The topological polar surface area (TPSA) is 109 Å². The van der Waals surface area contributed by atoms with Gasteiger partial charge in [-0.25, -0.2) is 13.2 Å². The molecule has 0 unspecified atom stereocenters. The van der Waals surface area contributed by atoms with Gasteiger partial charge in [-0.2, -0.15) is 0 Å². The Morgan fingerprint density at radius 3 is 2.50 bits per heavy atom. The van der Waals surface area contributed by atoms with E-state index in [1.165, 1.54) is 24.3 Å². The van der Waals surface area contributed by atoms with Crippen LogP contribution in [-0.2, 0) is 26.0 Å². The zero-order valence-corrected chi connectivity index (χ0v) is 18.5. The summed E-state index contributed by atoms with van der Waals surface area (Å²) in [6.07, 6.45) is -0.325. The van der Waals surface area contributed by atoms with Crippen LogP contribution >= 0.6 is 0 Å². The first kappa shape index (κ1) is 21.9. The van der Waals surface area contributed by atoms with Gasteiger partial charge in [-0.05, 0) is 49.2 Å². The van der Waals surface area contributed by atoms with E-state index in [1.807, 2.05) is 19.9 Å². The minimum atomic E-state index is -3.72. The number of carbonyl (C=O) groups excluding carboxylic acids is 1. The Labute approximate surface area is 184 Å². The zero-order valence-electron chi connectivity index (χ0n) is 17.7. The van der Waals surface area contributed by atoms with Crippen LogP contribution in [0.5, 0.6) is 11.5 Å². The summed E-state index contributed by atoms with van der Waals surface area (Å²) in [7, 11) is -3.72. The first-order valence-corrected chi connectivity index (χ1v) is 11.7. The SMILES string of the molecule is Cc1cc2oc(=O)cc(COC(=O)CCS(=O)(=O)c3ccc4c(c3)OCCO4)c2cc1C. The predicted octanol–water partition coefficient (Wildman–Crippen LogP) is 3.09. The summed E-state index contributed by atoms with van der Waals surface area (Å²) in [5, 5.41) is 0.671. The van der Waals surface area contributed by atoms with Crippen molar-refractivity contribution >= 4 is 26.8 Å². The summed E-state index contributed by atoms with van der Waals surface area (Å²) in [5.74, 6) is -0.252. The van der Waals surface area contributed by atoms with E-state index in [1.54, 1.807) is 6.07 Å². The Kier molecular flexibility index (Phi) is 5.92. The molecular formula is C23H22O8S. The van der Waals surface area contributed by atoms with Crippen LogP contribution < -0.4 is 15.1 Å². The highest BCUT2D eigenvalue weighted by molar-refractivity contribution is 7.91. The summed E-state index contributed by atoms with van der Waals surface area (Å²) < 4.78 is 46.6. The van der Waals surface area contributed by atoms with Crippen molar-refractivity contribution in [1.29, 1.82) is 0 Å². The fourth-order valence-corrected chi connectivity index (χ4v) is 4.62. The van der Waals surface area contributed by atoms with Gasteiger partial charge in [-0.3, -0.25) is 4.79 Å². The highest BCUT2D eigenvalue weighted by atomic mass is 32.2. The van der Waals surface area contributed by atoms with Gasteiger partial charge in [0.05, 0.1) is 17.1 Å². The maximum Gasteiger partial charge on any atom is 0.336 e.